The summed E-state index contributed by atoms with van der Waals surface area (Å²) in [4.78, 5) is 10.8. The normalized spacial score (nSPS) is 10.6. The van der Waals surface area contributed by atoms with Gasteiger partial charge in [0.25, 0.3) is 0 Å². The third kappa shape index (κ3) is 2.27. The fourth-order valence-electron chi connectivity index (χ4n) is 2.16. The minimum absolute atomic E-state index is 0.000861. The van der Waals surface area contributed by atoms with E-state index in [-0.39, 0.29) is 12.2 Å². The van der Waals surface area contributed by atoms with Crippen molar-refractivity contribution < 1.29 is 14.3 Å². The predicted molar refractivity (Wildman–Crippen MR) is 66.5 cm³/mol. The molecule has 0 saturated carbocycles. The molecule has 1 N–H and O–H groups in total. The van der Waals surface area contributed by atoms with Gasteiger partial charge in [-0.2, -0.15) is 0 Å². The number of carboxylic acids is 1. The molecule has 1 aromatic carbocycles. The summed E-state index contributed by atoms with van der Waals surface area (Å²) in [6.45, 7) is 3.77. The van der Waals surface area contributed by atoms with E-state index in [1.165, 1.54) is 12.1 Å². The number of rotatable bonds is 3. The Labute approximate surface area is 104 Å². The number of hydrogen-bond donors (Lipinski definition) is 1. The first-order valence-corrected chi connectivity index (χ1v) is 5.64. The van der Waals surface area contributed by atoms with Crippen LogP contribution in [0.25, 0.3) is 5.69 Å². The Hall–Kier alpha value is -2.10. The quantitative estimate of drug-likeness (QED) is 0.906. The van der Waals surface area contributed by atoms with Crippen molar-refractivity contribution in [2.45, 2.75) is 20.3 Å². The molecule has 18 heavy (non-hydrogen) atoms. The lowest BCUT2D eigenvalue weighted by Crippen LogP contribution is -2.03. The molecule has 0 aliphatic heterocycles. The Morgan fingerprint density at radius 1 is 1.28 bits per heavy atom. The molecule has 2 rings (SSSR count). The summed E-state index contributed by atoms with van der Waals surface area (Å²) >= 11 is 0. The van der Waals surface area contributed by atoms with Crippen LogP contribution in [0, 0.1) is 19.7 Å². The Balaban J connectivity index is 2.48. The van der Waals surface area contributed by atoms with Crippen LogP contribution in [0.3, 0.4) is 0 Å². The first-order chi connectivity index (χ1) is 8.49. The van der Waals surface area contributed by atoms with Crippen LogP contribution in [0.15, 0.2) is 30.3 Å². The summed E-state index contributed by atoms with van der Waals surface area (Å²) in [5, 5.41) is 8.84. The van der Waals surface area contributed by atoms with Crippen LogP contribution in [0.5, 0.6) is 0 Å². The standard InChI is InChI=1S/C14H14FNO2/c1-9-7-11(8-14(17)18)10(2)16(9)13-5-3-12(15)4-6-13/h3-7H,8H2,1-2H3,(H,17,18). The molecule has 0 aliphatic rings. The Kier molecular flexibility index (Phi) is 3.19. The van der Waals surface area contributed by atoms with E-state index >= 15 is 0 Å². The molecule has 0 aliphatic carbocycles. The summed E-state index contributed by atoms with van der Waals surface area (Å²) in [6.07, 6.45) is 0.000861. The van der Waals surface area contributed by atoms with E-state index in [1.807, 2.05) is 24.5 Å². The first kappa shape index (κ1) is 12.4. The van der Waals surface area contributed by atoms with E-state index in [2.05, 4.69) is 0 Å². The average Bonchev–Trinajstić information content (AvgIpc) is 2.55. The van der Waals surface area contributed by atoms with Gasteiger partial charge in [0.05, 0.1) is 6.42 Å². The van der Waals surface area contributed by atoms with E-state index in [4.69, 9.17) is 5.11 Å². The highest BCUT2D eigenvalue weighted by molar-refractivity contribution is 5.71. The number of aryl methyl sites for hydroxylation is 1. The third-order valence-corrected chi connectivity index (χ3v) is 2.96. The lowest BCUT2D eigenvalue weighted by molar-refractivity contribution is -0.136. The van der Waals surface area contributed by atoms with Crippen molar-refractivity contribution in [3.05, 3.63) is 53.1 Å². The highest BCUT2D eigenvalue weighted by Crippen LogP contribution is 2.21. The maximum Gasteiger partial charge on any atom is 0.307 e. The molecule has 0 unspecified atom stereocenters. The highest BCUT2D eigenvalue weighted by Gasteiger charge is 2.12. The van der Waals surface area contributed by atoms with Crippen LogP contribution >= 0.6 is 0 Å². The molecule has 94 valence electrons. The molecule has 0 radical (unpaired) electrons. The van der Waals surface area contributed by atoms with Crippen LogP contribution in [-0.4, -0.2) is 15.6 Å². The van der Waals surface area contributed by atoms with Crippen LogP contribution in [0.4, 0.5) is 4.39 Å². The summed E-state index contributed by atoms with van der Waals surface area (Å²) in [6, 6.07) is 8.00. The third-order valence-electron chi connectivity index (χ3n) is 2.96. The smallest absolute Gasteiger partial charge is 0.307 e. The Morgan fingerprint density at radius 2 is 1.89 bits per heavy atom. The fraction of sp³-hybridized carbons (Fsp3) is 0.214. The number of carboxylic acid groups (broad SMARTS) is 1. The Bertz CT molecular complexity index is 585. The van der Waals surface area contributed by atoms with E-state index in [0.29, 0.717) is 0 Å². The van der Waals surface area contributed by atoms with Crippen molar-refractivity contribution in [2.24, 2.45) is 0 Å². The summed E-state index contributed by atoms with van der Waals surface area (Å²) in [5.41, 5.74) is 3.43. The Morgan fingerprint density at radius 3 is 2.44 bits per heavy atom. The number of aliphatic carboxylic acids is 1. The number of carbonyl (C=O) groups is 1. The average molecular weight is 247 g/mol. The number of hydrogen-bond acceptors (Lipinski definition) is 1. The molecule has 0 atom stereocenters. The SMILES string of the molecule is Cc1cc(CC(=O)O)c(C)n1-c1ccc(F)cc1. The molecule has 0 bridgehead atoms. The maximum atomic E-state index is 12.9. The van der Waals surface area contributed by atoms with Crippen LogP contribution < -0.4 is 0 Å². The van der Waals surface area contributed by atoms with Crippen molar-refractivity contribution in [2.75, 3.05) is 0 Å². The fourth-order valence-corrected chi connectivity index (χ4v) is 2.16. The summed E-state index contributed by atoms with van der Waals surface area (Å²) in [7, 11) is 0. The topological polar surface area (TPSA) is 42.2 Å². The van der Waals surface area contributed by atoms with Crippen LogP contribution in [-0.2, 0) is 11.2 Å². The van der Waals surface area contributed by atoms with Gasteiger partial charge in [0.1, 0.15) is 5.82 Å². The summed E-state index contributed by atoms with van der Waals surface area (Å²) in [5.74, 6) is -1.14. The van der Waals surface area contributed by atoms with Gasteiger partial charge in [0.15, 0.2) is 0 Å². The van der Waals surface area contributed by atoms with Gasteiger partial charge in [-0.15, -0.1) is 0 Å². The van der Waals surface area contributed by atoms with Gasteiger partial charge in [-0.25, -0.2) is 4.39 Å². The lowest BCUT2D eigenvalue weighted by Gasteiger charge is -2.09. The van der Waals surface area contributed by atoms with Gasteiger partial charge >= 0.3 is 5.97 Å². The molecular formula is C14H14FNO2. The maximum absolute atomic E-state index is 12.9. The number of halogens is 1. The van der Waals surface area contributed by atoms with Crippen LogP contribution in [0.1, 0.15) is 17.0 Å². The van der Waals surface area contributed by atoms with Gasteiger partial charge in [0, 0.05) is 17.1 Å². The first-order valence-electron chi connectivity index (χ1n) is 5.64. The van der Waals surface area contributed by atoms with Gasteiger partial charge in [0.2, 0.25) is 0 Å². The summed E-state index contributed by atoms with van der Waals surface area (Å²) < 4.78 is 14.8. The largest absolute Gasteiger partial charge is 0.481 e. The highest BCUT2D eigenvalue weighted by atomic mass is 19.1. The second kappa shape index (κ2) is 4.64. The zero-order valence-corrected chi connectivity index (χ0v) is 10.3. The van der Waals surface area contributed by atoms with Gasteiger partial charge < -0.3 is 9.67 Å². The zero-order chi connectivity index (χ0) is 13.3. The molecule has 2 aromatic rings. The molecular weight excluding hydrogens is 233 g/mol. The molecule has 0 fully saturated rings. The van der Waals surface area contributed by atoms with E-state index in [1.54, 1.807) is 12.1 Å². The number of benzene rings is 1. The van der Waals surface area contributed by atoms with Gasteiger partial charge in [-0.05, 0) is 49.7 Å². The van der Waals surface area contributed by atoms with Crippen molar-refractivity contribution in [3.8, 4) is 5.69 Å². The van der Waals surface area contributed by atoms with Crippen LogP contribution in [0.2, 0.25) is 0 Å². The monoisotopic (exact) mass is 247 g/mol. The van der Waals surface area contributed by atoms with Gasteiger partial charge in [-0.3, -0.25) is 4.79 Å². The number of aromatic nitrogens is 1. The van der Waals surface area contributed by atoms with E-state index in [0.717, 1.165) is 22.6 Å². The minimum Gasteiger partial charge on any atom is -0.481 e. The molecule has 4 heteroatoms. The molecule has 0 spiro atoms. The molecule has 1 aromatic heterocycles. The van der Waals surface area contributed by atoms with Crippen molar-refractivity contribution >= 4 is 5.97 Å². The van der Waals surface area contributed by atoms with Crippen molar-refractivity contribution in [1.29, 1.82) is 0 Å². The van der Waals surface area contributed by atoms with Crippen molar-refractivity contribution in [3.63, 3.8) is 0 Å². The lowest BCUT2D eigenvalue weighted by atomic mass is 10.2. The molecule has 1 heterocycles. The van der Waals surface area contributed by atoms with E-state index < -0.39 is 5.97 Å². The van der Waals surface area contributed by atoms with Gasteiger partial charge in [-0.1, -0.05) is 0 Å². The van der Waals surface area contributed by atoms with E-state index in [9.17, 15) is 9.18 Å². The molecule has 3 nitrogen and oxygen atoms in total. The molecule has 0 amide bonds. The number of nitrogens with zero attached hydrogens (tertiary/aromatic N) is 1. The second-order valence-corrected chi connectivity index (χ2v) is 4.28. The predicted octanol–water partition coefficient (Wildman–Crippen LogP) is 2.86. The zero-order valence-electron chi connectivity index (χ0n) is 10.3. The van der Waals surface area contributed by atoms with Crippen molar-refractivity contribution in [1.82, 2.24) is 4.57 Å². The second-order valence-electron chi connectivity index (χ2n) is 4.28. The minimum atomic E-state index is -0.852. The molecule has 0 saturated heterocycles.